The van der Waals surface area contributed by atoms with Gasteiger partial charge >= 0.3 is 0 Å². The van der Waals surface area contributed by atoms with Crippen molar-refractivity contribution in [3.8, 4) is 0 Å². The fourth-order valence-corrected chi connectivity index (χ4v) is 3.54. The van der Waals surface area contributed by atoms with Crippen molar-refractivity contribution in [2.24, 2.45) is 5.73 Å². The summed E-state index contributed by atoms with van der Waals surface area (Å²) in [4.78, 5) is 20.8. The van der Waals surface area contributed by atoms with Gasteiger partial charge in [0.1, 0.15) is 0 Å². The molecule has 0 spiro atoms. The molecule has 0 aromatic rings. The van der Waals surface area contributed by atoms with Gasteiger partial charge in [-0.25, -0.2) is 0 Å². The lowest BCUT2D eigenvalue weighted by molar-refractivity contribution is -0.134. The molecule has 0 fully saturated rings. The van der Waals surface area contributed by atoms with E-state index >= 15 is 0 Å². The number of unbranched alkanes of at least 4 members (excludes halogenated alkanes) is 14. The van der Waals surface area contributed by atoms with Crippen LogP contribution in [0.5, 0.6) is 0 Å². The molecule has 0 rings (SSSR count). The second-order valence-corrected chi connectivity index (χ2v) is 8.81. The molecule has 0 saturated heterocycles. The van der Waals surface area contributed by atoms with Gasteiger partial charge in [-0.3, -0.25) is 9.59 Å². The van der Waals surface area contributed by atoms with Gasteiger partial charge in [0.25, 0.3) is 5.97 Å². The van der Waals surface area contributed by atoms with Crippen LogP contribution in [0, 0.1) is 0 Å². The van der Waals surface area contributed by atoms with E-state index in [4.69, 9.17) is 15.6 Å². The monoisotopic (exact) mass is 457 g/mol. The Labute approximate surface area is 198 Å². The highest BCUT2D eigenvalue weighted by atomic mass is 16.4. The smallest absolute Gasteiger partial charge is 0.300 e. The number of carboxylic acids is 1. The molecule has 0 radical (unpaired) electrons. The van der Waals surface area contributed by atoms with Crippen molar-refractivity contribution >= 4 is 11.9 Å². The number of nitrogens with two attached hydrogens (primary N) is 1. The minimum atomic E-state index is -0.833. The number of carbonyl (C=O) groups is 2. The van der Waals surface area contributed by atoms with Crippen LogP contribution >= 0.6 is 0 Å². The second-order valence-electron chi connectivity index (χ2n) is 8.81. The number of rotatable bonds is 23. The number of nitrogens with one attached hydrogen (secondary N) is 2. The SMILES string of the molecule is CC(=O)O.CCCCCCCCCCCCCCCCCC(=O)NCCCNCCCN. The Morgan fingerprint density at radius 1 is 0.656 bits per heavy atom. The Hall–Kier alpha value is -1.14. The Morgan fingerprint density at radius 3 is 1.50 bits per heavy atom. The first kappa shape index (κ1) is 33.0. The van der Waals surface area contributed by atoms with Crippen molar-refractivity contribution in [2.45, 2.75) is 129 Å². The minimum Gasteiger partial charge on any atom is -0.481 e. The lowest BCUT2D eigenvalue weighted by Crippen LogP contribution is -2.27. The van der Waals surface area contributed by atoms with Gasteiger partial charge in [0.05, 0.1) is 0 Å². The zero-order valence-electron chi connectivity index (χ0n) is 21.4. The third-order valence-corrected chi connectivity index (χ3v) is 5.42. The van der Waals surface area contributed by atoms with Crippen LogP contribution < -0.4 is 16.4 Å². The summed E-state index contributed by atoms with van der Waals surface area (Å²) in [6, 6.07) is 0. The van der Waals surface area contributed by atoms with E-state index < -0.39 is 5.97 Å². The molecule has 0 aromatic carbocycles. The number of hydrogen-bond donors (Lipinski definition) is 4. The van der Waals surface area contributed by atoms with Crippen LogP contribution in [0.1, 0.15) is 129 Å². The first-order chi connectivity index (χ1) is 15.5. The van der Waals surface area contributed by atoms with Gasteiger partial charge in [-0.2, -0.15) is 0 Å². The maximum absolute atomic E-state index is 11.8. The highest BCUT2D eigenvalue weighted by Crippen LogP contribution is 2.13. The van der Waals surface area contributed by atoms with Gasteiger partial charge < -0.3 is 21.5 Å². The van der Waals surface area contributed by atoms with Crippen molar-refractivity contribution in [2.75, 3.05) is 26.2 Å². The molecule has 0 bridgehead atoms. The van der Waals surface area contributed by atoms with Crippen LogP contribution in [-0.2, 0) is 9.59 Å². The number of carboxylic acid groups (broad SMARTS) is 1. The summed E-state index contributed by atoms with van der Waals surface area (Å²) in [5.41, 5.74) is 5.44. The molecule has 0 aliphatic rings. The van der Waals surface area contributed by atoms with Crippen LogP contribution in [0.2, 0.25) is 0 Å². The first-order valence-electron chi connectivity index (χ1n) is 13.4. The lowest BCUT2D eigenvalue weighted by atomic mass is 10.0. The van der Waals surface area contributed by atoms with E-state index in [9.17, 15) is 4.79 Å². The summed E-state index contributed by atoms with van der Waals surface area (Å²) in [6.07, 6.45) is 23.2. The van der Waals surface area contributed by atoms with E-state index in [-0.39, 0.29) is 5.91 Å². The molecule has 192 valence electrons. The predicted octanol–water partition coefficient (Wildman–Crippen LogP) is 5.78. The fourth-order valence-electron chi connectivity index (χ4n) is 3.54. The normalized spacial score (nSPS) is 10.5. The van der Waals surface area contributed by atoms with Crippen molar-refractivity contribution in [1.29, 1.82) is 0 Å². The number of aliphatic carboxylic acids is 1. The molecule has 1 amide bonds. The van der Waals surface area contributed by atoms with Crippen molar-refractivity contribution in [1.82, 2.24) is 10.6 Å². The zero-order valence-corrected chi connectivity index (χ0v) is 21.4. The van der Waals surface area contributed by atoms with E-state index in [0.29, 0.717) is 6.42 Å². The molecule has 0 heterocycles. The summed E-state index contributed by atoms with van der Waals surface area (Å²) in [7, 11) is 0. The van der Waals surface area contributed by atoms with Gasteiger partial charge in [0.15, 0.2) is 0 Å². The fraction of sp³-hybridized carbons (Fsp3) is 0.923. The average molecular weight is 458 g/mol. The standard InChI is InChI=1S/C24H51N3O.C2H4O2/c1-2-3-4-5-6-7-8-9-10-11-12-13-14-15-16-19-24(28)27-23-18-22-26-21-17-20-25;1-2(3)4/h26H,2-23,25H2,1H3,(H,27,28);1H3,(H,3,4). The number of carbonyl (C=O) groups excluding carboxylic acids is 1. The summed E-state index contributed by atoms with van der Waals surface area (Å²) in [6.45, 7) is 6.82. The highest BCUT2D eigenvalue weighted by molar-refractivity contribution is 5.75. The predicted molar refractivity (Wildman–Crippen MR) is 137 cm³/mol. The van der Waals surface area contributed by atoms with E-state index in [1.807, 2.05) is 0 Å². The molecular formula is C26H55N3O3. The molecule has 6 nitrogen and oxygen atoms in total. The Morgan fingerprint density at radius 2 is 1.06 bits per heavy atom. The summed E-state index contributed by atoms with van der Waals surface area (Å²) in [5.74, 6) is -0.614. The van der Waals surface area contributed by atoms with E-state index in [1.54, 1.807) is 0 Å². The molecule has 0 aliphatic heterocycles. The van der Waals surface area contributed by atoms with Crippen molar-refractivity contribution < 1.29 is 14.7 Å². The molecule has 0 aromatic heterocycles. The van der Waals surface area contributed by atoms with E-state index in [0.717, 1.165) is 52.4 Å². The van der Waals surface area contributed by atoms with Gasteiger partial charge in [-0.1, -0.05) is 96.8 Å². The van der Waals surface area contributed by atoms with Crippen LogP contribution in [0.4, 0.5) is 0 Å². The average Bonchev–Trinajstić information content (AvgIpc) is 2.75. The molecule has 5 N–H and O–H groups in total. The quantitative estimate of drug-likeness (QED) is 0.145. The third-order valence-electron chi connectivity index (χ3n) is 5.42. The molecular weight excluding hydrogens is 402 g/mol. The molecule has 6 heteroatoms. The Bertz CT molecular complexity index is 389. The zero-order chi connectivity index (χ0) is 24.1. The first-order valence-corrected chi connectivity index (χ1v) is 13.4. The molecule has 0 aliphatic carbocycles. The van der Waals surface area contributed by atoms with Crippen LogP contribution in [0.25, 0.3) is 0 Å². The maximum atomic E-state index is 11.8. The van der Waals surface area contributed by atoms with Crippen LogP contribution in [-0.4, -0.2) is 43.2 Å². The highest BCUT2D eigenvalue weighted by Gasteiger charge is 2.00. The van der Waals surface area contributed by atoms with Crippen LogP contribution in [0.15, 0.2) is 0 Å². The topological polar surface area (TPSA) is 104 Å². The summed E-state index contributed by atoms with van der Waals surface area (Å²) < 4.78 is 0. The second kappa shape index (κ2) is 29.9. The van der Waals surface area contributed by atoms with Gasteiger partial charge in [0, 0.05) is 19.9 Å². The molecule has 32 heavy (non-hydrogen) atoms. The van der Waals surface area contributed by atoms with Crippen LogP contribution in [0.3, 0.4) is 0 Å². The third kappa shape index (κ3) is 36.2. The van der Waals surface area contributed by atoms with Gasteiger partial charge in [-0.15, -0.1) is 0 Å². The van der Waals surface area contributed by atoms with E-state index in [1.165, 1.54) is 89.9 Å². The lowest BCUT2D eigenvalue weighted by Gasteiger charge is -2.06. The van der Waals surface area contributed by atoms with Gasteiger partial charge in [0.2, 0.25) is 5.91 Å². The maximum Gasteiger partial charge on any atom is 0.300 e. The number of amides is 1. The number of hydrogen-bond acceptors (Lipinski definition) is 4. The van der Waals surface area contributed by atoms with Crippen molar-refractivity contribution in [3.05, 3.63) is 0 Å². The van der Waals surface area contributed by atoms with E-state index in [2.05, 4.69) is 17.6 Å². The molecule has 0 saturated carbocycles. The Balaban J connectivity index is 0. The van der Waals surface area contributed by atoms with Gasteiger partial charge in [-0.05, 0) is 38.9 Å². The summed E-state index contributed by atoms with van der Waals surface area (Å²) in [5, 5.41) is 13.8. The molecule has 0 unspecified atom stereocenters. The summed E-state index contributed by atoms with van der Waals surface area (Å²) >= 11 is 0. The Kier molecular flexibility index (Phi) is 30.8. The van der Waals surface area contributed by atoms with Crippen molar-refractivity contribution in [3.63, 3.8) is 0 Å². The molecule has 0 atom stereocenters. The minimum absolute atomic E-state index is 0.219. The largest absolute Gasteiger partial charge is 0.481 e.